The molecule has 0 aliphatic rings. The van der Waals surface area contributed by atoms with Crippen LogP contribution in [0.2, 0.25) is 5.02 Å². The van der Waals surface area contributed by atoms with Crippen molar-refractivity contribution < 1.29 is 9.13 Å². The molecule has 2 aromatic carbocycles. The molecule has 1 atom stereocenters. The van der Waals surface area contributed by atoms with Crippen LogP contribution in [0.4, 0.5) is 4.39 Å². The van der Waals surface area contributed by atoms with Gasteiger partial charge in [0, 0.05) is 16.1 Å². The summed E-state index contributed by atoms with van der Waals surface area (Å²) < 4.78 is 19.6. The van der Waals surface area contributed by atoms with Gasteiger partial charge in [-0.15, -0.1) is 0 Å². The predicted molar refractivity (Wildman–Crippen MR) is 79.7 cm³/mol. The van der Waals surface area contributed by atoms with Crippen molar-refractivity contribution in [2.45, 2.75) is 19.4 Å². The normalized spacial score (nSPS) is 12.2. The Morgan fingerprint density at radius 1 is 1.20 bits per heavy atom. The van der Waals surface area contributed by atoms with Gasteiger partial charge in [0.2, 0.25) is 0 Å². The van der Waals surface area contributed by atoms with Gasteiger partial charge in [-0.3, -0.25) is 0 Å². The molecule has 0 fully saturated rings. The molecular formula is C16H17ClFNO. The molecule has 0 amide bonds. The Morgan fingerprint density at radius 2 is 1.95 bits per heavy atom. The van der Waals surface area contributed by atoms with Crippen molar-refractivity contribution in [1.29, 1.82) is 0 Å². The third-order valence-electron chi connectivity index (χ3n) is 3.01. The molecule has 0 aliphatic heterocycles. The fourth-order valence-electron chi connectivity index (χ4n) is 2.00. The summed E-state index contributed by atoms with van der Waals surface area (Å²) in [7, 11) is 0. The minimum atomic E-state index is -0.583. The van der Waals surface area contributed by atoms with Crippen LogP contribution in [-0.4, -0.2) is 6.61 Å². The van der Waals surface area contributed by atoms with Gasteiger partial charge in [0.25, 0.3) is 0 Å². The molecule has 106 valence electrons. The molecule has 0 aromatic heterocycles. The molecule has 4 heteroatoms. The lowest BCUT2D eigenvalue weighted by Gasteiger charge is -2.17. The monoisotopic (exact) mass is 293 g/mol. The van der Waals surface area contributed by atoms with Crippen molar-refractivity contribution in [3.8, 4) is 5.75 Å². The molecule has 2 rings (SSSR count). The van der Waals surface area contributed by atoms with Gasteiger partial charge in [-0.2, -0.15) is 0 Å². The van der Waals surface area contributed by atoms with E-state index < -0.39 is 11.9 Å². The predicted octanol–water partition coefficient (Wildman–Crippen LogP) is 4.32. The number of para-hydroxylation sites is 1. The van der Waals surface area contributed by atoms with Crippen LogP contribution in [0.15, 0.2) is 42.5 Å². The lowest BCUT2D eigenvalue weighted by atomic mass is 9.98. The molecule has 2 N–H and O–H groups in total. The molecule has 0 heterocycles. The van der Waals surface area contributed by atoms with Crippen LogP contribution >= 0.6 is 11.6 Å². The van der Waals surface area contributed by atoms with Gasteiger partial charge < -0.3 is 10.5 Å². The second-order valence-corrected chi connectivity index (χ2v) is 4.97. The maximum absolute atomic E-state index is 14.0. The number of benzene rings is 2. The summed E-state index contributed by atoms with van der Waals surface area (Å²) in [6.45, 7) is 2.63. The summed E-state index contributed by atoms with van der Waals surface area (Å²) in [5, 5.41) is 0.356. The first-order chi connectivity index (χ1) is 9.63. The molecule has 20 heavy (non-hydrogen) atoms. The van der Waals surface area contributed by atoms with E-state index in [4.69, 9.17) is 22.1 Å². The van der Waals surface area contributed by atoms with Crippen LogP contribution in [0, 0.1) is 5.82 Å². The van der Waals surface area contributed by atoms with Crippen molar-refractivity contribution in [3.05, 3.63) is 64.4 Å². The maximum atomic E-state index is 14.0. The number of nitrogens with two attached hydrogens (primary N) is 1. The Balaban J connectivity index is 2.35. The van der Waals surface area contributed by atoms with Gasteiger partial charge in [-0.05, 0) is 24.6 Å². The first kappa shape index (κ1) is 14.8. The zero-order chi connectivity index (χ0) is 14.5. The summed E-state index contributed by atoms with van der Waals surface area (Å²) in [5.74, 6) is 0.284. The largest absolute Gasteiger partial charge is 0.493 e. The van der Waals surface area contributed by atoms with E-state index in [2.05, 4.69) is 0 Å². The van der Waals surface area contributed by atoms with Crippen LogP contribution in [-0.2, 0) is 0 Å². The Bertz CT molecular complexity index is 588. The van der Waals surface area contributed by atoms with Crippen molar-refractivity contribution in [1.82, 2.24) is 0 Å². The van der Waals surface area contributed by atoms with E-state index in [1.807, 2.05) is 31.2 Å². The Hall–Kier alpha value is -1.58. The highest BCUT2D eigenvalue weighted by atomic mass is 35.5. The summed E-state index contributed by atoms with van der Waals surface area (Å²) in [4.78, 5) is 0. The second-order valence-electron chi connectivity index (χ2n) is 4.53. The Kier molecular flexibility index (Phi) is 4.99. The highest BCUT2D eigenvalue weighted by Gasteiger charge is 2.17. The van der Waals surface area contributed by atoms with Crippen molar-refractivity contribution in [3.63, 3.8) is 0 Å². The van der Waals surface area contributed by atoms with Gasteiger partial charge in [-0.1, -0.05) is 42.8 Å². The lowest BCUT2D eigenvalue weighted by Crippen LogP contribution is -2.15. The van der Waals surface area contributed by atoms with Crippen molar-refractivity contribution in [2.75, 3.05) is 6.61 Å². The van der Waals surface area contributed by atoms with Gasteiger partial charge in [0.05, 0.1) is 12.6 Å². The SMILES string of the molecule is CCCOc1ccccc1C(N)c1ccc(Cl)cc1F. The smallest absolute Gasteiger partial charge is 0.129 e. The molecule has 2 nitrogen and oxygen atoms in total. The number of halogens is 2. The quantitative estimate of drug-likeness (QED) is 0.891. The van der Waals surface area contributed by atoms with Gasteiger partial charge in [0.15, 0.2) is 0 Å². The molecule has 0 aliphatic carbocycles. The first-order valence-corrected chi connectivity index (χ1v) is 6.93. The first-order valence-electron chi connectivity index (χ1n) is 6.55. The number of rotatable bonds is 5. The number of ether oxygens (including phenoxy) is 1. The molecule has 1 unspecified atom stereocenters. The van der Waals surface area contributed by atoms with E-state index in [0.717, 1.165) is 12.0 Å². The summed E-state index contributed by atoms with van der Waals surface area (Å²) in [6.07, 6.45) is 0.902. The van der Waals surface area contributed by atoms with Gasteiger partial charge >= 0.3 is 0 Å². The van der Waals surface area contributed by atoms with E-state index in [1.54, 1.807) is 12.1 Å². The third-order valence-corrected chi connectivity index (χ3v) is 3.25. The van der Waals surface area contributed by atoms with Crippen LogP contribution in [0.25, 0.3) is 0 Å². The molecular weight excluding hydrogens is 277 g/mol. The molecule has 0 spiro atoms. The topological polar surface area (TPSA) is 35.2 Å². The highest BCUT2D eigenvalue weighted by molar-refractivity contribution is 6.30. The van der Waals surface area contributed by atoms with E-state index in [9.17, 15) is 4.39 Å². The van der Waals surface area contributed by atoms with Crippen LogP contribution in [0.5, 0.6) is 5.75 Å². The molecule has 0 saturated carbocycles. The summed E-state index contributed by atoms with van der Waals surface area (Å²) >= 11 is 5.76. The van der Waals surface area contributed by atoms with E-state index >= 15 is 0 Å². The van der Waals surface area contributed by atoms with Crippen molar-refractivity contribution in [2.24, 2.45) is 5.73 Å². The summed E-state index contributed by atoms with van der Waals surface area (Å²) in [5.41, 5.74) is 7.35. The van der Waals surface area contributed by atoms with Crippen LogP contribution in [0.1, 0.15) is 30.5 Å². The standard InChI is InChI=1S/C16H17ClFNO/c1-2-9-20-15-6-4-3-5-13(15)16(19)12-8-7-11(17)10-14(12)18/h3-8,10,16H,2,9,19H2,1H3. The fourth-order valence-corrected chi connectivity index (χ4v) is 2.16. The summed E-state index contributed by atoms with van der Waals surface area (Å²) in [6, 6.07) is 11.4. The average molecular weight is 294 g/mol. The zero-order valence-corrected chi connectivity index (χ0v) is 12.0. The molecule has 0 bridgehead atoms. The fraction of sp³-hybridized carbons (Fsp3) is 0.250. The zero-order valence-electron chi connectivity index (χ0n) is 11.3. The average Bonchev–Trinajstić information content (AvgIpc) is 2.45. The third kappa shape index (κ3) is 3.30. The molecule has 0 radical (unpaired) electrons. The number of hydrogen-bond acceptors (Lipinski definition) is 2. The second kappa shape index (κ2) is 6.73. The maximum Gasteiger partial charge on any atom is 0.129 e. The Labute approximate surface area is 123 Å². The molecule has 0 saturated heterocycles. The molecule has 2 aromatic rings. The van der Waals surface area contributed by atoms with Crippen LogP contribution < -0.4 is 10.5 Å². The number of hydrogen-bond donors (Lipinski definition) is 1. The van der Waals surface area contributed by atoms with Gasteiger partial charge in [0.1, 0.15) is 11.6 Å². The highest BCUT2D eigenvalue weighted by Crippen LogP contribution is 2.30. The van der Waals surface area contributed by atoms with E-state index in [0.29, 0.717) is 22.9 Å². The lowest BCUT2D eigenvalue weighted by molar-refractivity contribution is 0.313. The van der Waals surface area contributed by atoms with Crippen molar-refractivity contribution >= 4 is 11.6 Å². The van der Waals surface area contributed by atoms with E-state index in [-0.39, 0.29) is 0 Å². The van der Waals surface area contributed by atoms with E-state index in [1.165, 1.54) is 6.07 Å². The minimum absolute atomic E-state index is 0.356. The minimum Gasteiger partial charge on any atom is -0.493 e. The Morgan fingerprint density at radius 3 is 2.65 bits per heavy atom. The van der Waals surface area contributed by atoms with Crippen LogP contribution in [0.3, 0.4) is 0 Å². The van der Waals surface area contributed by atoms with Gasteiger partial charge in [-0.25, -0.2) is 4.39 Å².